The number of carbonyl (C=O) groups excluding carboxylic acids is 1. The second-order valence-electron chi connectivity index (χ2n) is 5.77. The number of rotatable bonds is 6. The Labute approximate surface area is 145 Å². The van der Waals surface area contributed by atoms with Crippen LogP contribution in [-0.2, 0) is 4.79 Å². The number of aromatic nitrogens is 4. The van der Waals surface area contributed by atoms with Crippen LogP contribution in [0.15, 0.2) is 55.1 Å². The van der Waals surface area contributed by atoms with Crippen LogP contribution in [0.3, 0.4) is 0 Å². The van der Waals surface area contributed by atoms with Gasteiger partial charge in [-0.1, -0.05) is 26.0 Å². The molecule has 0 bridgehead atoms. The van der Waals surface area contributed by atoms with Crippen molar-refractivity contribution < 1.29 is 9.53 Å². The fraction of sp³-hybridized carbons (Fsp3) is 0.222. The zero-order valence-electron chi connectivity index (χ0n) is 14.1. The van der Waals surface area contributed by atoms with Crippen molar-refractivity contribution in [3.63, 3.8) is 0 Å². The van der Waals surface area contributed by atoms with E-state index in [9.17, 15) is 4.79 Å². The molecule has 25 heavy (non-hydrogen) atoms. The van der Waals surface area contributed by atoms with Gasteiger partial charge in [-0.3, -0.25) is 4.79 Å². The topological polar surface area (TPSA) is 81.9 Å². The first-order valence-electron chi connectivity index (χ1n) is 7.96. The summed E-state index contributed by atoms with van der Waals surface area (Å²) in [6, 6.07) is 11.2. The Morgan fingerprint density at radius 2 is 2.04 bits per heavy atom. The Hall–Kier alpha value is -3.22. The molecule has 0 spiro atoms. The zero-order valence-corrected chi connectivity index (χ0v) is 14.1. The lowest BCUT2D eigenvalue weighted by atomic mass is 10.0. The Kier molecular flexibility index (Phi) is 5.03. The molecule has 1 amide bonds. The summed E-state index contributed by atoms with van der Waals surface area (Å²) in [5, 5.41) is 6.78. The van der Waals surface area contributed by atoms with Crippen molar-refractivity contribution in [2.75, 3.05) is 11.9 Å². The lowest BCUT2D eigenvalue weighted by molar-refractivity contribution is -0.118. The zero-order chi connectivity index (χ0) is 17.6. The number of hydrogen-bond donors (Lipinski definition) is 1. The van der Waals surface area contributed by atoms with Gasteiger partial charge in [0.05, 0.1) is 0 Å². The second-order valence-corrected chi connectivity index (χ2v) is 5.77. The maximum atomic E-state index is 12.0. The highest BCUT2D eigenvalue weighted by Gasteiger charge is 2.07. The Bertz CT molecular complexity index is 829. The predicted octanol–water partition coefficient (Wildman–Crippen LogP) is 2.80. The SMILES string of the molecule is CC(C)c1ccc(OCC(=O)Nc2cc(-n3cccn3)ncn2)cc1. The third-order valence-corrected chi connectivity index (χ3v) is 3.58. The number of amides is 1. The summed E-state index contributed by atoms with van der Waals surface area (Å²) in [7, 11) is 0. The molecule has 3 rings (SSSR count). The summed E-state index contributed by atoms with van der Waals surface area (Å²) >= 11 is 0. The van der Waals surface area contributed by atoms with E-state index < -0.39 is 0 Å². The summed E-state index contributed by atoms with van der Waals surface area (Å²) in [6.07, 6.45) is 4.79. The van der Waals surface area contributed by atoms with E-state index in [1.165, 1.54) is 11.9 Å². The molecule has 128 valence electrons. The van der Waals surface area contributed by atoms with Crippen LogP contribution < -0.4 is 10.1 Å². The predicted molar refractivity (Wildman–Crippen MR) is 93.8 cm³/mol. The summed E-state index contributed by atoms with van der Waals surface area (Å²) in [4.78, 5) is 20.2. The van der Waals surface area contributed by atoms with Crippen LogP contribution in [0.25, 0.3) is 5.82 Å². The van der Waals surface area contributed by atoms with Crippen molar-refractivity contribution in [1.82, 2.24) is 19.7 Å². The number of benzene rings is 1. The highest BCUT2D eigenvalue weighted by molar-refractivity contribution is 5.91. The Morgan fingerprint density at radius 1 is 1.24 bits per heavy atom. The molecule has 0 fully saturated rings. The number of hydrogen-bond acceptors (Lipinski definition) is 5. The van der Waals surface area contributed by atoms with Crippen LogP contribution in [0.2, 0.25) is 0 Å². The molecule has 2 heterocycles. The quantitative estimate of drug-likeness (QED) is 0.748. The standard InChI is InChI=1S/C18H19N5O2/c1-13(2)14-4-6-15(7-5-14)25-11-18(24)22-16-10-17(20-12-19-16)23-9-3-8-21-23/h3-10,12-13H,11H2,1-2H3,(H,19,20,22,24). The van der Waals surface area contributed by atoms with E-state index in [4.69, 9.17) is 4.74 Å². The molecule has 0 aliphatic rings. The summed E-state index contributed by atoms with van der Waals surface area (Å²) in [5.74, 6) is 1.78. The number of nitrogens with zero attached hydrogens (tertiary/aromatic N) is 4. The molecular weight excluding hydrogens is 318 g/mol. The summed E-state index contributed by atoms with van der Waals surface area (Å²) in [5.41, 5.74) is 1.23. The fourth-order valence-electron chi connectivity index (χ4n) is 2.22. The molecule has 0 saturated heterocycles. The van der Waals surface area contributed by atoms with E-state index in [-0.39, 0.29) is 12.5 Å². The fourth-order valence-corrected chi connectivity index (χ4v) is 2.22. The third kappa shape index (κ3) is 4.41. The minimum Gasteiger partial charge on any atom is -0.484 e. The minimum atomic E-state index is -0.293. The number of nitrogens with one attached hydrogen (secondary N) is 1. The van der Waals surface area contributed by atoms with Gasteiger partial charge >= 0.3 is 0 Å². The lowest BCUT2D eigenvalue weighted by Crippen LogP contribution is -2.21. The molecule has 7 heteroatoms. The van der Waals surface area contributed by atoms with E-state index in [0.717, 1.165) is 0 Å². The van der Waals surface area contributed by atoms with Gasteiger partial charge in [0.15, 0.2) is 12.4 Å². The lowest BCUT2D eigenvalue weighted by Gasteiger charge is -2.09. The maximum absolute atomic E-state index is 12.0. The van der Waals surface area contributed by atoms with Gasteiger partial charge in [-0.15, -0.1) is 0 Å². The molecule has 0 aliphatic carbocycles. The van der Waals surface area contributed by atoms with Crippen molar-refractivity contribution >= 4 is 11.7 Å². The smallest absolute Gasteiger partial charge is 0.263 e. The van der Waals surface area contributed by atoms with Crippen molar-refractivity contribution in [3.05, 3.63) is 60.7 Å². The summed E-state index contributed by atoms with van der Waals surface area (Å²) < 4.78 is 7.09. The molecular formula is C18H19N5O2. The second kappa shape index (κ2) is 7.57. The van der Waals surface area contributed by atoms with E-state index in [2.05, 4.69) is 34.2 Å². The maximum Gasteiger partial charge on any atom is 0.263 e. The third-order valence-electron chi connectivity index (χ3n) is 3.58. The average Bonchev–Trinajstić information content (AvgIpc) is 3.15. The highest BCUT2D eigenvalue weighted by atomic mass is 16.5. The van der Waals surface area contributed by atoms with E-state index in [0.29, 0.717) is 23.3 Å². The number of carbonyl (C=O) groups is 1. The first-order chi connectivity index (χ1) is 12.1. The van der Waals surface area contributed by atoms with E-state index >= 15 is 0 Å². The molecule has 7 nitrogen and oxygen atoms in total. The van der Waals surface area contributed by atoms with Gasteiger partial charge in [0, 0.05) is 18.5 Å². The molecule has 0 radical (unpaired) electrons. The van der Waals surface area contributed by atoms with Gasteiger partial charge in [0.1, 0.15) is 17.9 Å². The van der Waals surface area contributed by atoms with Crippen LogP contribution in [0, 0.1) is 0 Å². The average molecular weight is 337 g/mol. The number of ether oxygens (including phenoxy) is 1. The van der Waals surface area contributed by atoms with Crippen LogP contribution in [0.5, 0.6) is 5.75 Å². The van der Waals surface area contributed by atoms with Crippen molar-refractivity contribution in [3.8, 4) is 11.6 Å². The largest absolute Gasteiger partial charge is 0.484 e. The van der Waals surface area contributed by atoms with Crippen LogP contribution in [0.4, 0.5) is 5.82 Å². The Morgan fingerprint density at radius 3 is 2.72 bits per heavy atom. The van der Waals surface area contributed by atoms with Gasteiger partial charge in [0.25, 0.3) is 5.91 Å². The molecule has 1 N–H and O–H groups in total. The molecule has 0 unspecified atom stereocenters. The van der Waals surface area contributed by atoms with E-state index in [1.807, 2.05) is 24.3 Å². The number of anilines is 1. The van der Waals surface area contributed by atoms with Gasteiger partial charge in [0.2, 0.25) is 0 Å². The monoisotopic (exact) mass is 337 g/mol. The van der Waals surface area contributed by atoms with Crippen LogP contribution in [0.1, 0.15) is 25.3 Å². The minimum absolute atomic E-state index is 0.0951. The molecule has 3 aromatic rings. The van der Waals surface area contributed by atoms with E-state index in [1.54, 1.807) is 29.2 Å². The Balaban J connectivity index is 1.57. The highest BCUT2D eigenvalue weighted by Crippen LogP contribution is 2.18. The van der Waals surface area contributed by atoms with Gasteiger partial charge < -0.3 is 10.1 Å². The molecule has 0 atom stereocenters. The first-order valence-corrected chi connectivity index (χ1v) is 7.96. The molecule has 1 aromatic carbocycles. The molecule has 0 saturated carbocycles. The van der Waals surface area contributed by atoms with Gasteiger partial charge in [-0.25, -0.2) is 14.6 Å². The molecule has 0 aliphatic heterocycles. The normalized spacial score (nSPS) is 10.7. The van der Waals surface area contributed by atoms with Crippen LogP contribution >= 0.6 is 0 Å². The van der Waals surface area contributed by atoms with Crippen molar-refractivity contribution in [2.45, 2.75) is 19.8 Å². The van der Waals surface area contributed by atoms with Gasteiger partial charge in [-0.05, 0) is 29.7 Å². The summed E-state index contributed by atoms with van der Waals surface area (Å²) in [6.45, 7) is 4.16. The van der Waals surface area contributed by atoms with Crippen LogP contribution in [-0.4, -0.2) is 32.3 Å². The molecule has 2 aromatic heterocycles. The van der Waals surface area contributed by atoms with Crippen molar-refractivity contribution in [2.24, 2.45) is 0 Å². The van der Waals surface area contributed by atoms with Crippen molar-refractivity contribution in [1.29, 1.82) is 0 Å². The first kappa shape index (κ1) is 16.6. The van der Waals surface area contributed by atoms with Gasteiger partial charge in [-0.2, -0.15) is 5.10 Å².